The van der Waals surface area contributed by atoms with Gasteiger partial charge in [-0.05, 0) is 35.4 Å². The summed E-state index contributed by atoms with van der Waals surface area (Å²) in [6.07, 6.45) is 5.28. The standard InChI is InChI=1S/C20H26N4/c1-23(2)19-9-5-17(6-10-19)13-15-21-22-16-14-18-7-11-20(12-8-18)24(3)4/h5-12,15-16H,13-14H2,1-4H3. The van der Waals surface area contributed by atoms with Gasteiger partial charge in [-0.2, -0.15) is 10.2 Å². The van der Waals surface area contributed by atoms with Gasteiger partial charge >= 0.3 is 0 Å². The van der Waals surface area contributed by atoms with Crippen LogP contribution in [-0.2, 0) is 12.8 Å². The van der Waals surface area contributed by atoms with Gasteiger partial charge in [0, 0.05) is 64.8 Å². The molecule has 0 bridgehead atoms. The first-order chi connectivity index (χ1) is 11.6. The Kier molecular flexibility index (Phi) is 6.55. The van der Waals surface area contributed by atoms with E-state index < -0.39 is 0 Å². The maximum atomic E-state index is 4.11. The highest BCUT2D eigenvalue weighted by atomic mass is 15.2. The zero-order chi connectivity index (χ0) is 17.4. The summed E-state index contributed by atoms with van der Waals surface area (Å²) in [6, 6.07) is 16.9. The number of benzene rings is 2. The van der Waals surface area contributed by atoms with Crippen molar-refractivity contribution in [1.29, 1.82) is 0 Å². The van der Waals surface area contributed by atoms with Crippen LogP contribution in [0.5, 0.6) is 0 Å². The molecule has 0 atom stereocenters. The molecule has 0 heterocycles. The second-order valence-electron chi connectivity index (χ2n) is 6.13. The molecule has 4 nitrogen and oxygen atoms in total. The maximum Gasteiger partial charge on any atom is 0.0361 e. The van der Waals surface area contributed by atoms with Crippen LogP contribution in [0.4, 0.5) is 11.4 Å². The summed E-state index contributed by atoms with van der Waals surface area (Å²) in [4.78, 5) is 4.18. The number of hydrogen-bond acceptors (Lipinski definition) is 4. The fraction of sp³-hybridized carbons (Fsp3) is 0.300. The van der Waals surface area contributed by atoms with Crippen LogP contribution >= 0.6 is 0 Å². The summed E-state index contributed by atoms with van der Waals surface area (Å²) in [5.41, 5.74) is 4.88. The van der Waals surface area contributed by atoms with E-state index in [2.05, 4.69) is 68.5 Å². The van der Waals surface area contributed by atoms with Gasteiger partial charge in [0.25, 0.3) is 0 Å². The van der Waals surface area contributed by atoms with Crippen LogP contribution in [0, 0.1) is 0 Å². The molecule has 0 fully saturated rings. The van der Waals surface area contributed by atoms with Crippen molar-refractivity contribution in [3.05, 3.63) is 59.7 Å². The monoisotopic (exact) mass is 322 g/mol. The summed E-state index contributed by atoms with van der Waals surface area (Å²) in [7, 11) is 8.16. The molecule has 2 aromatic rings. The molecule has 0 aliphatic heterocycles. The van der Waals surface area contributed by atoms with Gasteiger partial charge in [-0.25, -0.2) is 0 Å². The lowest BCUT2D eigenvalue weighted by atomic mass is 10.1. The van der Waals surface area contributed by atoms with E-state index >= 15 is 0 Å². The van der Waals surface area contributed by atoms with Crippen molar-refractivity contribution in [1.82, 2.24) is 0 Å². The highest BCUT2D eigenvalue weighted by Crippen LogP contribution is 2.13. The number of rotatable bonds is 7. The van der Waals surface area contributed by atoms with E-state index in [1.165, 1.54) is 22.5 Å². The van der Waals surface area contributed by atoms with Crippen LogP contribution in [0.1, 0.15) is 11.1 Å². The van der Waals surface area contributed by atoms with Crippen molar-refractivity contribution in [3.63, 3.8) is 0 Å². The third kappa shape index (κ3) is 5.54. The third-order valence-corrected chi connectivity index (χ3v) is 3.79. The minimum absolute atomic E-state index is 0.794. The van der Waals surface area contributed by atoms with Gasteiger partial charge in [-0.1, -0.05) is 24.3 Å². The van der Waals surface area contributed by atoms with E-state index in [0.717, 1.165) is 12.8 Å². The molecule has 126 valence electrons. The minimum atomic E-state index is 0.794. The first kappa shape index (κ1) is 17.7. The van der Waals surface area contributed by atoms with Gasteiger partial charge in [0.2, 0.25) is 0 Å². The molecule has 0 spiro atoms. The van der Waals surface area contributed by atoms with E-state index in [9.17, 15) is 0 Å². The zero-order valence-corrected chi connectivity index (χ0v) is 15.0. The van der Waals surface area contributed by atoms with Gasteiger partial charge in [0.1, 0.15) is 0 Å². The normalized spacial score (nSPS) is 11.3. The molecule has 4 heteroatoms. The Morgan fingerprint density at radius 1 is 0.625 bits per heavy atom. The van der Waals surface area contributed by atoms with Crippen LogP contribution in [-0.4, -0.2) is 40.6 Å². The summed E-state index contributed by atoms with van der Waals surface area (Å²) in [6.45, 7) is 0. The largest absolute Gasteiger partial charge is 0.378 e. The summed E-state index contributed by atoms with van der Waals surface area (Å²) in [5, 5.41) is 8.22. The van der Waals surface area contributed by atoms with E-state index in [1.54, 1.807) is 0 Å². The van der Waals surface area contributed by atoms with Gasteiger partial charge in [0.15, 0.2) is 0 Å². The fourth-order valence-corrected chi connectivity index (χ4v) is 2.25. The number of nitrogens with zero attached hydrogens (tertiary/aromatic N) is 4. The van der Waals surface area contributed by atoms with Crippen molar-refractivity contribution in [2.45, 2.75) is 12.8 Å². The second kappa shape index (κ2) is 8.87. The molecule has 0 aromatic heterocycles. The topological polar surface area (TPSA) is 31.2 Å². The Morgan fingerprint density at radius 3 is 1.25 bits per heavy atom. The van der Waals surface area contributed by atoms with Gasteiger partial charge < -0.3 is 9.80 Å². The first-order valence-corrected chi connectivity index (χ1v) is 8.12. The molecule has 0 N–H and O–H groups in total. The highest BCUT2D eigenvalue weighted by molar-refractivity contribution is 5.66. The first-order valence-electron chi connectivity index (χ1n) is 8.12. The Bertz CT molecular complexity index is 606. The quantitative estimate of drug-likeness (QED) is 0.575. The Hall–Kier alpha value is -2.62. The molecule has 0 aliphatic rings. The van der Waals surface area contributed by atoms with Crippen LogP contribution in [0.15, 0.2) is 58.7 Å². The molecule has 0 unspecified atom stereocenters. The van der Waals surface area contributed by atoms with E-state index in [-0.39, 0.29) is 0 Å². The Morgan fingerprint density at radius 2 is 0.958 bits per heavy atom. The second-order valence-corrected chi connectivity index (χ2v) is 6.13. The molecule has 0 radical (unpaired) electrons. The fourth-order valence-electron chi connectivity index (χ4n) is 2.25. The Balaban J connectivity index is 1.78. The van der Waals surface area contributed by atoms with Crippen molar-refractivity contribution in [2.24, 2.45) is 10.2 Å². The third-order valence-electron chi connectivity index (χ3n) is 3.79. The smallest absolute Gasteiger partial charge is 0.0361 e. The minimum Gasteiger partial charge on any atom is -0.378 e. The SMILES string of the molecule is CN(C)c1ccc(CC=NN=CCc2ccc(N(C)C)cc2)cc1. The predicted octanol–water partition coefficient (Wildman–Crippen LogP) is 3.66. The molecular formula is C20H26N4. The molecule has 0 saturated carbocycles. The lowest BCUT2D eigenvalue weighted by Crippen LogP contribution is -2.08. The van der Waals surface area contributed by atoms with Crippen molar-refractivity contribution in [3.8, 4) is 0 Å². The van der Waals surface area contributed by atoms with Crippen molar-refractivity contribution >= 4 is 23.8 Å². The summed E-state index contributed by atoms with van der Waals surface area (Å²) in [5.74, 6) is 0. The van der Waals surface area contributed by atoms with Crippen LogP contribution in [0.25, 0.3) is 0 Å². The van der Waals surface area contributed by atoms with E-state index in [4.69, 9.17) is 0 Å². The molecular weight excluding hydrogens is 296 g/mol. The van der Waals surface area contributed by atoms with Crippen LogP contribution in [0.3, 0.4) is 0 Å². The molecule has 24 heavy (non-hydrogen) atoms. The van der Waals surface area contributed by atoms with Crippen molar-refractivity contribution < 1.29 is 0 Å². The highest BCUT2D eigenvalue weighted by Gasteiger charge is 1.95. The average molecular weight is 322 g/mol. The predicted molar refractivity (Wildman–Crippen MR) is 106 cm³/mol. The van der Waals surface area contributed by atoms with Gasteiger partial charge in [-0.15, -0.1) is 0 Å². The Labute approximate surface area is 145 Å². The van der Waals surface area contributed by atoms with E-state index in [0.29, 0.717) is 0 Å². The van der Waals surface area contributed by atoms with Gasteiger partial charge in [-0.3, -0.25) is 0 Å². The van der Waals surface area contributed by atoms with Crippen LogP contribution < -0.4 is 9.80 Å². The summed E-state index contributed by atoms with van der Waals surface area (Å²) >= 11 is 0. The molecule has 0 aliphatic carbocycles. The molecule has 0 saturated heterocycles. The molecule has 2 rings (SSSR count). The maximum absolute atomic E-state index is 4.11. The lowest BCUT2D eigenvalue weighted by Gasteiger charge is -2.12. The lowest BCUT2D eigenvalue weighted by molar-refractivity contribution is 1.13. The zero-order valence-electron chi connectivity index (χ0n) is 15.0. The van der Waals surface area contributed by atoms with Crippen LogP contribution in [0.2, 0.25) is 0 Å². The molecule has 0 amide bonds. The van der Waals surface area contributed by atoms with E-state index in [1.807, 2.05) is 40.6 Å². The summed E-state index contributed by atoms with van der Waals surface area (Å²) < 4.78 is 0. The van der Waals surface area contributed by atoms with Crippen molar-refractivity contribution in [2.75, 3.05) is 38.0 Å². The molecule has 2 aromatic carbocycles. The average Bonchev–Trinajstić information content (AvgIpc) is 2.58. The number of anilines is 2. The van der Waals surface area contributed by atoms with Gasteiger partial charge in [0.05, 0.1) is 0 Å². The number of hydrogen-bond donors (Lipinski definition) is 0.